The molecule has 2 aromatic rings. The number of para-hydroxylation sites is 1. The van der Waals surface area contributed by atoms with Crippen molar-refractivity contribution in [2.24, 2.45) is 5.73 Å². The largest absolute Gasteiger partial charge is 0.461 e. The van der Waals surface area contributed by atoms with E-state index >= 15 is 0 Å². The smallest absolute Gasteiger partial charge is 0.134 e. The van der Waals surface area contributed by atoms with Crippen molar-refractivity contribution in [2.45, 2.75) is 19.3 Å². The first-order valence-corrected chi connectivity index (χ1v) is 5.94. The van der Waals surface area contributed by atoms with Gasteiger partial charge in [-0.1, -0.05) is 24.3 Å². The molecule has 2 nitrogen and oxygen atoms in total. The average molecular weight is 225 g/mol. The summed E-state index contributed by atoms with van der Waals surface area (Å²) in [6.07, 6.45) is 7.15. The molecule has 1 heterocycles. The summed E-state index contributed by atoms with van der Waals surface area (Å²) >= 11 is 0. The van der Waals surface area contributed by atoms with Crippen molar-refractivity contribution < 1.29 is 4.42 Å². The van der Waals surface area contributed by atoms with E-state index in [0.29, 0.717) is 0 Å². The summed E-state index contributed by atoms with van der Waals surface area (Å²) in [5.41, 5.74) is 9.03. The number of benzene rings is 1. The van der Waals surface area contributed by atoms with E-state index in [9.17, 15) is 0 Å². The minimum Gasteiger partial charge on any atom is -0.461 e. The third-order valence-electron chi connectivity index (χ3n) is 3.07. The maximum Gasteiger partial charge on any atom is 0.134 e. The fraction of sp³-hybridized carbons (Fsp3) is 0.200. The SMILES string of the molecule is NC1=CC(Cc2cc3ccccc3o2)=CCC1. The lowest BCUT2D eigenvalue weighted by Gasteiger charge is -2.08. The highest BCUT2D eigenvalue weighted by atomic mass is 16.3. The van der Waals surface area contributed by atoms with Crippen LogP contribution in [0.3, 0.4) is 0 Å². The number of nitrogens with two attached hydrogens (primary N) is 1. The van der Waals surface area contributed by atoms with Gasteiger partial charge < -0.3 is 10.2 Å². The lowest BCUT2D eigenvalue weighted by Crippen LogP contribution is -2.02. The van der Waals surface area contributed by atoms with Gasteiger partial charge in [0.05, 0.1) is 0 Å². The van der Waals surface area contributed by atoms with E-state index in [4.69, 9.17) is 10.2 Å². The Balaban J connectivity index is 1.88. The first-order valence-electron chi connectivity index (χ1n) is 5.94. The van der Waals surface area contributed by atoms with Crippen molar-refractivity contribution in [3.05, 3.63) is 59.5 Å². The van der Waals surface area contributed by atoms with Crippen LogP contribution < -0.4 is 5.73 Å². The third-order valence-corrected chi connectivity index (χ3v) is 3.07. The Bertz CT molecular complexity index is 571. The molecule has 0 unspecified atom stereocenters. The number of fused-ring (bicyclic) bond motifs is 1. The first kappa shape index (κ1) is 10.2. The average Bonchev–Trinajstić information content (AvgIpc) is 2.71. The fourth-order valence-corrected chi connectivity index (χ4v) is 2.24. The topological polar surface area (TPSA) is 39.2 Å². The van der Waals surface area contributed by atoms with Gasteiger partial charge in [-0.25, -0.2) is 0 Å². The number of hydrogen-bond acceptors (Lipinski definition) is 2. The Morgan fingerprint density at radius 3 is 2.94 bits per heavy atom. The van der Waals surface area contributed by atoms with Crippen LogP contribution in [0.4, 0.5) is 0 Å². The van der Waals surface area contributed by atoms with E-state index in [-0.39, 0.29) is 0 Å². The molecule has 86 valence electrons. The molecule has 0 fully saturated rings. The summed E-state index contributed by atoms with van der Waals surface area (Å²) in [5, 5.41) is 1.16. The molecule has 0 radical (unpaired) electrons. The molecular weight excluding hydrogens is 210 g/mol. The Labute approximate surface area is 100 Å². The molecule has 0 spiro atoms. The van der Waals surface area contributed by atoms with Gasteiger partial charge in [0.1, 0.15) is 11.3 Å². The lowest BCUT2D eigenvalue weighted by molar-refractivity contribution is 0.562. The molecule has 1 aromatic carbocycles. The van der Waals surface area contributed by atoms with Crippen molar-refractivity contribution in [3.8, 4) is 0 Å². The van der Waals surface area contributed by atoms with Crippen molar-refractivity contribution in [3.63, 3.8) is 0 Å². The minimum absolute atomic E-state index is 0.829. The second-order valence-corrected chi connectivity index (χ2v) is 4.46. The molecular formula is C15H15NO. The van der Waals surface area contributed by atoms with Gasteiger partial charge in [0.2, 0.25) is 0 Å². The highest BCUT2D eigenvalue weighted by Crippen LogP contribution is 2.23. The molecule has 0 bridgehead atoms. The van der Waals surface area contributed by atoms with Crippen LogP contribution in [0.1, 0.15) is 18.6 Å². The van der Waals surface area contributed by atoms with Gasteiger partial charge in [-0.05, 0) is 36.6 Å². The summed E-state index contributed by atoms with van der Waals surface area (Å²) in [7, 11) is 0. The number of allylic oxidation sites excluding steroid dienone is 4. The predicted octanol–water partition coefficient (Wildman–Crippen LogP) is 3.54. The Hall–Kier alpha value is -1.96. The van der Waals surface area contributed by atoms with Gasteiger partial charge in [0.25, 0.3) is 0 Å². The van der Waals surface area contributed by atoms with Crippen molar-refractivity contribution >= 4 is 11.0 Å². The molecule has 0 saturated carbocycles. The standard InChI is InChI=1S/C15H15NO/c16-13-6-3-4-11(8-13)9-14-10-12-5-1-2-7-15(12)17-14/h1-2,4-5,7-8,10H,3,6,9,16H2. The van der Waals surface area contributed by atoms with E-state index in [1.165, 1.54) is 5.57 Å². The Morgan fingerprint density at radius 1 is 1.24 bits per heavy atom. The second-order valence-electron chi connectivity index (χ2n) is 4.46. The van der Waals surface area contributed by atoms with Gasteiger partial charge in [0.15, 0.2) is 0 Å². The van der Waals surface area contributed by atoms with Crippen LogP contribution in [0.15, 0.2) is 58.2 Å². The molecule has 3 rings (SSSR count). The summed E-state index contributed by atoms with van der Waals surface area (Å²) in [6.45, 7) is 0. The third kappa shape index (κ3) is 2.11. The van der Waals surface area contributed by atoms with E-state index in [1.54, 1.807) is 0 Å². The molecule has 0 amide bonds. The van der Waals surface area contributed by atoms with Crippen LogP contribution in [-0.2, 0) is 6.42 Å². The van der Waals surface area contributed by atoms with Crippen LogP contribution >= 0.6 is 0 Å². The lowest BCUT2D eigenvalue weighted by atomic mass is 10.0. The zero-order chi connectivity index (χ0) is 11.7. The molecule has 0 atom stereocenters. The van der Waals surface area contributed by atoms with Crippen molar-refractivity contribution in [1.29, 1.82) is 0 Å². The van der Waals surface area contributed by atoms with Gasteiger partial charge in [0, 0.05) is 17.5 Å². The van der Waals surface area contributed by atoms with Gasteiger partial charge >= 0.3 is 0 Å². The quantitative estimate of drug-likeness (QED) is 0.849. The number of furan rings is 1. The molecule has 2 N–H and O–H groups in total. The second kappa shape index (κ2) is 4.13. The zero-order valence-electron chi connectivity index (χ0n) is 9.65. The minimum atomic E-state index is 0.829. The van der Waals surface area contributed by atoms with Crippen LogP contribution in [0.2, 0.25) is 0 Å². The van der Waals surface area contributed by atoms with Crippen LogP contribution in [0.25, 0.3) is 11.0 Å². The van der Waals surface area contributed by atoms with E-state index in [2.05, 4.69) is 24.3 Å². The highest BCUT2D eigenvalue weighted by molar-refractivity contribution is 5.77. The highest BCUT2D eigenvalue weighted by Gasteiger charge is 2.07. The first-order chi connectivity index (χ1) is 8.31. The monoisotopic (exact) mass is 225 g/mol. The zero-order valence-corrected chi connectivity index (χ0v) is 9.65. The van der Waals surface area contributed by atoms with Gasteiger partial charge in [-0.2, -0.15) is 0 Å². The van der Waals surface area contributed by atoms with E-state index < -0.39 is 0 Å². The summed E-state index contributed by atoms with van der Waals surface area (Å²) in [4.78, 5) is 0. The summed E-state index contributed by atoms with van der Waals surface area (Å²) < 4.78 is 5.80. The normalized spacial score (nSPS) is 15.8. The van der Waals surface area contributed by atoms with Crippen LogP contribution in [0, 0.1) is 0 Å². The summed E-state index contributed by atoms with van der Waals surface area (Å²) in [6, 6.07) is 10.2. The molecule has 0 aliphatic heterocycles. The Kier molecular flexibility index (Phi) is 2.48. The van der Waals surface area contributed by atoms with Crippen molar-refractivity contribution in [2.75, 3.05) is 0 Å². The molecule has 1 aliphatic rings. The van der Waals surface area contributed by atoms with Gasteiger partial charge in [-0.3, -0.25) is 0 Å². The van der Waals surface area contributed by atoms with Crippen LogP contribution in [-0.4, -0.2) is 0 Å². The maximum absolute atomic E-state index is 5.84. The molecule has 0 saturated heterocycles. The van der Waals surface area contributed by atoms with E-state index in [0.717, 1.165) is 41.7 Å². The number of hydrogen-bond donors (Lipinski definition) is 1. The fourth-order valence-electron chi connectivity index (χ4n) is 2.24. The predicted molar refractivity (Wildman–Crippen MR) is 69.5 cm³/mol. The van der Waals surface area contributed by atoms with E-state index in [1.807, 2.05) is 18.2 Å². The van der Waals surface area contributed by atoms with Crippen molar-refractivity contribution in [1.82, 2.24) is 0 Å². The Morgan fingerprint density at radius 2 is 2.12 bits per heavy atom. The molecule has 1 aromatic heterocycles. The van der Waals surface area contributed by atoms with Crippen LogP contribution in [0.5, 0.6) is 0 Å². The maximum atomic E-state index is 5.84. The van der Waals surface area contributed by atoms with Gasteiger partial charge in [-0.15, -0.1) is 0 Å². The molecule has 17 heavy (non-hydrogen) atoms. The summed E-state index contributed by atoms with van der Waals surface area (Å²) in [5.74, 6) is 1.00. The number of rotatable bonds is 2. The molecule has 1 aliphatic carbocycles. The molecule has 2 heteroatoms.